The number of imidazole rings is 1. The van der Waals surface area contributed by atoms with Crippen LogP contribution in [0, 0.1) is 0 Å². The van der Waals surface area contributed by atoms with Crippen molar-refractivity contribution in [2.75, 3.05) is 12.3 Å². The minimum Gasteiger partial charge on any atom is -0.462 e. The van der Waals surface area contributed by atoms with Gasteiger partial charge in [-0.3, -0.25) is 13.9 Å². The summed E-state index contributed by atoms with van der Waals surface area (Å²) < 4.78 is 84.2. The van der Waals surface area contributed by atoms with E-state index in [2.05, 4.69) is 33.2 Å². The summed E-state index contributed by atoms with van der Waals surface area (Å²) >= 11 is 5.82. The second-order valence-electron chi connectivity index (χ2n) is 9.84. The third kappa shape index (κ3) is 9.07. The lowest BCUT2D eigenvalue weighted by Gasteiger charge is -2.25. The predicted octanol–water partition coefficient (Wildman–Crippen LogP) is 3.03. The topological polar surface area (TPSA) is 266 Å². The van der Waals surface area contributed by atoms with E-state index in [0.717, 1.165) is 10.9 Å². The molecule has 6 N–H and O–H groups in total. The van der Waals surface area contributed by atoms with Gasteiger partial charge in [-0.15, -0.1) is 0 Å². The van der Waals surface area contributed by atoms with Gasteiger partial charge in [-0.2, -0.15) is 23.7 Å². The number of nitrogens with one attached hydrogen (secondary N) is 1. The number of aliphatic hydroxyl groups excluding tert-OH is 1. The summed E-state index contributed by atoms with van der Waals surface area (Å²) in [4.78, 5) is 44.3. The van der Waals surface area contributed by atoms with Crippen LogP contribution in [0.25, 0.3) is 11.2 Å². The largest absolute Gasteiger partial charge is 0.490 e. The van der Waals surface area contributed by atoms with Crippen LogP contribution in [0.2, 0.25) is 5.28 Å². The first kappa shape index (κ1) is 36.3. The Morgan fingerprint density at radius 2 is 1.83 bits per heavy atom. The van der Waals surface area contributed by atoms with Crippen LogP contribution in [0.5, 0.6) is 5.75 Å². The van der Waals surface area contributed by atoms with E-state index >= 15 is 4.39 Å². The number of phosphoric acid groups is 2. The molecule has 0 bridgehead atoms. The van der Waals surface area contributed by atoms with Gasteiger partial charge in [0.2, 0.25) is 5.28 Å². The summed E-state index contributed by atoms with van der Waals surface area (Å²) in [6, 6.07) is 5.63. The molecule has 0 aliphatic carbocycles. The molecule has 5 unspecified atom stereocenters. The highest BCUT2D eigenvalue weighted by Gasteiger charge is 2.49. The predicted molar refractivity (Wildman–Crippen MR) is 156 cm³/mol. The van der Waals surface area contributed by atoms with Gasteiger partial charge in [-0.1, -0.05) is 18.2 Å². The van der Waals surface area contributed by atoms with Gasteiger partial charge >= 0.3 is 29.4 Å². The molecule has 3 aromatic rings. The molecule has 3 heterocycles. The normalized spacial score (nSPS) is 24.6. The van der Waals surface area contributed by atoms with Crippen molar-refractivity contribution < 1.29 is 64.9 Å². The van der Waals surface area contributed by atoms with Crippen molar-refractivity contribution in [2.24, 2.45) is 0 Å². The maximum Gasteiger partial charge on any atom is 0.490 e. The number of esters is 1. The van der Waals surface area contributed by atoms with Crippen LogP contribution >= 0.6 is 35.0 Å². The molecule has 2 aromatic heterocycles. The Labute approximate surface area is 264 Å². The molecule has 8 atom stereocenters. The van der Waals surface area contributed by atoms with E-state index in [0.29, 0.717) is 0 Å². The Hall–Kier alpha value is -2.57. The smallest absolute Gasteiger partial charge is 0.462 e. The van der Waals surface area contributed by atoms with E-state index in [4.69, 9.17) is 31.3 Å². The Morgan fingerprint density at radius 3 is 2.48 bits per heavy atom. The van der Waals surface area contributed by atoms with Crippen LogP contribution in [0.1, 0.15) is 27.0 Å². The van der Waals surface area contributed by atoms with E-state index < -0.39 is 72.7 Å². The number of rotatable bonds is 14. The van der Waals surface area contributed by atoms with Crippen LogP contribution in [0.15, 0.2) is 36.7 Å². The molecule has 0 spiro atoms. The molecule has 1 saturated heterocycles. The van der Waals surface area contributed by atoms with Gasteiger partial charge in [0.25, 0.3) is 0 Å². The van der Waals surface area contributed by atoms with E-state index in [1.807, 2.05) is 0 Å². The molecule has 19 nitrogen and oxygen atoms in total. The average Bonchev–Trinajstić information content (AvgIpc) is 3.46. The third-order valence-electron chi connectivity index (χ3n) is 5.83. The minimum atomic E-state index is -5.83. The van der Waals surface area contributed by atoms with Gasteiger partial charge in [0.1, 0.15) is 29.5 Å². The van der Waals surface area contributed by atoms with Crippen LogP contribution < -0.4 is 15.3 Å². The number of benzene rings is 1. The molecular weight excluding hydrogens is 704 g/mol. The summed E-state index contributed by atoms with van der Waals surface area (Å²) in [6.45, 7) is 3.20. The van der Waals surface area contributed by atoms with Crippen LogP contribution in [0.3, 0.4) is 0 Å². The maximum atomic E-state index is 15.1. The fraction of sp³-hybridized carbons (Fsp3) is 0.455. The van der Waals surface area contributed by atoms with E-state index in [1.54, 1.807) is 19.9 Å². The number of hydrogen-bond donors (Lipinski definition) is 5. The van der Waals surface area contributed by atoms with Crippen molar-refractivity contribution in [2.45, 2.75) is 57.5 Å². The second kappa shape index (κ2) is 14.3. The zero-order valence-electron chi connectivity index (χ0n) is 24.0. The number of nitrogen functional groups attached to an aromatic ring is 1. The highest BCUT2D eigenvalue weighted by Crippen LogP contribution is 2.67. The number of hydrogen-bond acceptors (Lipinski definition) is 15. The van der Waals surface area contributed by atoms with Crippen LogP contribution in [0.4, 0.5) is 10.2 Å². The number of fused-ring (bicyclic) bond motifs is 1. The Kier molecular flexibility index (Phi) is 11.3. The zero-order valence-corrected chi connectivity index (χ0v) is 27.5. The van der Waals surface area contributed by atoms with Gasteiger partial charge in [-0.25, -0.2) is 23.1 Å². The van der Waals surface area contributed by atoms with Crippen molar-refractivity contribution in [3.8, 4) is 5.75 Å². The molecule has 0 saturated carbocycles. The van der Waals surface area contributed by atoms with Crippen LogP contribution in [-0.2, 0) is 41.1 Å². The van der Waals surface area contributed by atoms with E-state index in [1.165, 1.54) is 31.2 Å². The quantitative estimate of drug-likeness (QED) is 0.0905. The standard InChI is InChI=1S/C22H29ClFN6O13P3/c1-11(2)39-21(32)12(3)29-44(33,41-13-7-5-4-6-8-13)42-46(36,37)43-45(34,35)38-9-14-17(31)15(24)20(40-14)30-10-26-16-18(25)27-22(23)28-19(16)30/h4-8,10-12,14-15,17,20,31H,9H2,1-3H3,(H,29,33)(H,34,35)(H,36,37)(H2,25,27,28)/t12-,14+,15?,17?,20+,44?/m0/s1. The number of nitrogens with two attached hydrogens (primary N) is 1. The van der Waals surface area contributed by atoms with Crippen molar-refractivity contribution in [3.05, 3.63) is 41.9 Å². The monoisotopic (exact) mass is 732 g/mol. The third-order valence-corrected chi connectivity index (χ3v) is 11.0. The fourth-order valence-corrected chi connectivity index (χ4v) is 8.51. The number of para-hydroxylation sites is 1. The number of carbonyl (C=O) groups excluding carboxylic acids is 1. The number of halogens is 2. The molecular formula is C22H29ClFN6O13P3. The fourth-order valence-electron chi connectivity index (χ4n) is 3.95. The number of phosphoric ester groups is 1. The van der Waals surface area contributed by atoms with Gasteiger partial charge < -0.3 is 34.6 Å². The summed E-state index contributed by atoms with van der Waals surface area (Å²) in [5.41, 5.74) is 5.75. The Bertz CT molecular complexity index is 1700. The van der Waals surface area contributed by atoms with Gasteiger partial charge in [0, 0.05) is 0 Å². The van der Waals surface area contributed by atoms with Crippen molar-refractivity contribution in [1.82, 2.24) is 24.6 Å². The molecule has 1 aliphatic heterocycles. The molecule has 1 fully saturated rings. The molecule has 254 valence electrons. The van der Waals surface area contributed by atoms with Crippen LogP contribution in [-0.4, -0.2) is 77.5 Å². The molecule has 0 amide bonds. The number of alkyl halides is 1. The molecule has 46 heavy (non-hydrogen) atoms. The summed E-state index contributed by atoms with van der Waals surface area (Å²) in [7, 11) is -16.5. The molecule has 0 radical (unpaired) electrons. The lowest BCUT2D eigenvalue weighted by Crippen LogP contribution is -2.36. The van der Waals surface area contributed by atoms with Gasteiger partial charge in [-0.05, 0) is 44.5 Å². The average molecular weight is 733 g/mol. The number of carbonyl (C=O) groups is 1. The van der Waals surface area contributed by atoms with Crippen molar-refractivity contribution in [1.29, 1.82) is 0 Å². The highest BCUT2D eigenvalue weighted by atomic mass is 35.5. The first-order chi connectivity index (χ1) is 21.4. The first-order valence-electron chi connectivity index (χ1n) is 13.1. The summed E-state index contributed by atoms with van der Waals surface area (Å²) in [6.07, 6.45) is -6.84. The molecule has 4 rings (SSSR count). The van der Waals surface area contributed by atoms with E-state index in [9.17, 15) is 33.4 Å². The number of nitrogens with zero attached hydrogens (tertiary/aromatic N) is 4. The summed E-state index contributed by atoms with van der Waals surface area (Å²) in [5, 5.41) is 12.2. The van der Waals surface area contributed by atoms with Gasteiger partial charge in [0.15, 0.2) is 23.9 Å². The zero-order chi connectivity index (χ0) is 34.0. The highest BCUT2D eigenvalue weighted by molar-refractivity contribution is 7.68. The molecule has 1 aromatic carbocycles. The lowest BCUT2D eigenvalue weighted by molar-refractivity contribution is -0.149. The SMILES string of the molecule is CC(C)OC(=O)[C@H](C)NP(=O)(Oc1ccccc1)OP(=O)(O)OP(=O)(O)OC[C@H]1O[C@@H](n2cnc3c(N)nc(Cl)nc32)C(F)C1O. The molecule has 1 aliphatic rings. The number of aliphatic hydroxyl groups is 1. The minimum absolute atomic E-state index is 0.0454. The first-order valence-corrected chi connectivity index (χ1v) is 18.0. The lowest BCUT2D eigenvalue weighted by atomic mass is 10.1. The molecule has 24 heteroatoms. The van der Waals surface area contributed by atoms with Crippen molar-refractivity contribution >= 4 is 57.9 Å². The summed E-state index contributed by atoms with van der Waals surface area (Å²) in [5.74, 6) is -1.21. The van der Waals surface area contributed by atoms with E-state index in [-0.39, 0.29) is 28.0 Å². The van der Waals surface area contributed by atoms with Crippen molar-refractivity contribution in [3.63, 3.8) is 0 Å². The number of anilines is 1. The van der Waals surface area contributed by atoms with Gasteiger partial charge in [0.05, 0.1) is 19.0 Å². The number of aromatic nitrogens is 4. The maximum absolute atomic E-state index is 15.1. The Balaban J connectivity index is 1.44. The number of ether oxygens (including phenoxy) is 2. The second-order valence-corrected chi connectivity index (χ2v) is 15.0. The Morgan fingerprint density at radius 1 is 1.15 bits per heavy atom.